The van der Waals surface area contributed by atoms with Crippen LogP contribution in [0.1, 0.15) is 18.4 Å². The second-order valence-corrected chi connectivity index (χ2v) is 5.78. The van der Waals surface area contributed by atoms with Gasteiger partial charge in [-0.1, -0.05) is 36.4 Å². The van der Waals surface area contributed by atoms with Gasteiger partial charge >= 0.3 is 0 Å². The highest BCUT2D eigenvalue weighted by Gasteiger charge is 2.18. The van der Waals surface area contributed by atoms with Crippen molar-refractivity contribution >= 4 is 17.2 Å². The fourth-order valence-corrected chi connectivity index (χ4v) is 2.72. The van der Waals surface area contributed by atoms with E-state index in [4.69, 9.17) is 13.9 Å². The van der Waals surface area contributed by atoms with E-state index in [9.17, 15) is 4.39 Å². The predicted molar refractivity (Wildman–Crippen MR) is 101 cm³/mol. The summed E-state index contributed by atoms with van der Waals surface area (Å²) in [7, 11) is 1.56. The lowest BCUT2D eigenvalue weighted by Crippen LogP contribution is -2.03. The Kier molecular flexibility index (Phi) is 6.23. The number of aldehydes is 1. The van der Waals surface area contributed by atoms with E-state index in [1.54, 1.807) is 30.0 Å². The summed E-state index contributed by atoms with van der Waals surface area (Å²) in [6.45, 7) is 1.99. The number of hydrogen-bond acceptors (Lipinski definition) is 6. The molecular formula is C20H19FN4O3. The number of methoxy groups -OCH3 is 1. The minimum Gasteiger partial charge on any atom is -0.417 e. The average molecular weight is 382 g/mol. The number of carbonyl (C=O) groups excluding carboxylic acids is 1. The summed E-state index contributed by atoms with van der Waals surface area (Å²) in [6, 6.07) is 14.3. The van der Waals surface area contributed by atoms with Crippen LogP contribution in [-0.2, 0) is 22.7 Å². The van der Waals surface area contributed by atoms with E-state index < -0.39 is 0 Å². The molecule has 0 fully saturated rings. The van der Waals surface area contributed by atoms with E-state index in [0.717, 1.165) is 17.2 Å². The number of carbonyl (C=O) groups is 1. The highest BCUT2D eigenvalue weighted by Crippen LogP contribution is 2.27. The molecule has 0 amide bonds. The average Bonchev–Trinajstić information content (AvgIpc) is 3.30. The third-order valence-electron chi connectivity index (χ3n) is 3.87. The maximum Gasteiger partial charge on any atom is 0.268 e. The second kappa shape index (κ2) is 9.01. The van der Waals surface area contributed by atoms with Gasteiger partial charge in [-0.25, -0.2) is 4.39 Å². The molecule has 0 aliphatic heterocycles. The molecule has 28 heavy (non-hydrogen) atoms. The Bertz CT molecular complexity index is 1070. The Morgan fingerprint density at radius 2 is 1.86 bits per heavy atom. The molecule has 0 saturated carbocycles. The number of nitrogens with zero attached hydrogens (tertiary/aromatic N) is 4. The van der Waals surface area contributed by atoms with Gasteiger partial charge in [0.05, 0.1) is 12.1 Å². The summed E-state index contributed by atoms with van der Waals surface area (Å²) < 4.78 is 26.3. The molecule has 0 aliphatic rings. The fourth-order valence-electron chi connectivity index (χ4n) is 2.72. The third-order valence-corrected chi connectivity index (χ3v) is 3.87. The van der Waals surface area contributed by atoms with Gasteiger partial charge in [0, 0.05) is 18.1 Å². The molecule has 0 spiro atoms. The molecule has 0 radical (unpaired) electrons. The van der Waals surface area contributed by atoms with Crippen molar-refractivity contribution in [2.24, 2.45) is 0 Å². The maximum absolute atomic E-state index is 14.0. The van der Waals surface area contributed by atoms with Crippen LogP contribution in [0.4, 0.5) is 4.39 Å². The first-order valence-electron chi connectivity index (χ1n) is 8.58. The summed E-state index contributed by atoms with van der Waals surface area (Å²) in [6.07, 6.45) is 0.750. The van der Waals surface area contributed by atoms with Crippen molar-refractivity contribution in [1.82, 2.24) is 20.0 Å². The van der Waals surface area contributed by atoms with Crippen molar-refractivity contribution in [3.05, 3.63) is 65.8 Å². The van der Waals surface area contributed by atoms with Gasteiger partial charge in [-0.3, -0.25) is 4.68 Å². The Balaban J connectivity index is 0.000000706. The van der Waals surface area contributed by atoms with Crippen molar-refractivity contribution in [1.29, 1.82) is 0 Å². The second-order valence-electron chi connectivity index (χ2n) is 5.78. The van der Waals surface area contributed by atoms with E-state index in [-0.39, 0.29) is 12.4 Å². The molecule has 4 rings (SSSR count). The Morgan fingerprint density at radius 3 is 2.61 bits per heavy atom. The number of aromatic nitrogens is 4. The minimum atomic E-state index is -0.260. The largest absolute Gasteiger partial charge is 0.417 e. The van der Waals surface area contributed by atoms with Crippen LogP contribution < -0.4 is 0 Å². The van der Waals surface area contributed by atoms with Crippen molar-refractivity contribution in [2.45, 2.75) is 20.1 Å². The molecule has 2 aromatic heterocycles. The number of benzene rings is 2. The summed E-state index contributed by atoms with van der Waals surface area (Å²) in [4.78, 5) is 8.81. The monoisotopic (exact) mass is 382 g/mol. The molecule has 2 heterocycles. The van der Waals surface area contributed by atoms with Crippen molar-refractivity contribution in [3.8, 4) is 11.6 Å². The van der Waals surface area contributed by atoms with Crippen LogP contribution >= 0.6 is 0 Å². The van der Waals surface area contributed by atoms with Crippen LogP contribution in [0.25, 0.3) is 22.5 Å². The Morgan fingerprint density at radius 1 is 1.14 bits per heavy atom. The molecular weight excluding hydrogens is 363 g/mol. The standard InChI is InChI=1S/C18H15FN4O2.C2H4O/c1-24-11-16-20-21-18(25-16)17-13-7-3-5-9-15(13)23(22-17)10-12-6-2-4-8-14(12)19;1-2-3/h2-9H,10-11H2,1H3;2H,1H3. The van der Waals surface area contributed by atoms with Gasteiger partial charge in [-0.05, 0) is 19.1 Å². The molecule has 0 N–H and O–H groups in total. The maximum atomic E-state index is 14.0. The predicted octanol–water partition coefficient (Wildman–Crippen LogP) is 3.63. The van der Waals surface area contributed by atoms with Gasteiger partial charge in [0.2, 0.25) is 5.89 Å². The highest BCUT2D eigenvalue weighted by molar-refractivity contribution is 5.91. The third kappa shape index (κ3) is 4.12. The van der Waals surface area contributed by atoms with E-state index in [1.807, 2.05) is 24.3 Å². The Hall–Kier alpha value is -3.39. The first-order chi connectivity index (χ1) is 13.7. The smallest absolute Gasteiger partial charge is 0.268 e. The van der Waals surface area contributed by atoms with Crippen LogP contribution in [-0.4, -0.2) is 33.4 Å². The van der Waals surface area contributed by atoms with Crippen LogP contribution in [0, 0.1) is 5.82 Å². The minimum absolute atomic E-state index is 0.237. The number of fused-ring (bicyclic) bond motifs is 1. The molecule has 144 valence electrons. The molecule has 0 unspecified atom stereocenters. The van der Waals surface area contributed by atoms with Crippen molar-refractivity contribution in [2.75, 3.05) is 7.11 Å². The van der Waals surface area contributed by atoms with Crippen LogP contribution in [0.3, 0.4) is 0 Å². The normalized spacial score (nSPS) is 10.5. The molecule has 7 nitrogen and oxygen atoms in total. The van der Waals surface area contributed by atoms with E-state index in [1.165, 1.54) is 13.0 Å². The van der Waals surface area contributed by atoms with Gasteiger partial charge in [-0.15, -0.1) is 10.2 Å². The molecule has 4 aromatic rings. The zero-order valence-electron chi connectivity index (χ0n) is 15.5. The van der Waals surface area contributed by atoms with Gasteiger partial charge in [0.15, 0.2) is 5.69 Å². The van der Waals surface area contributed by atoms with Crippen molar-refractivity contribution in [3.63, 3.8) is 0 Å². The van der Waals surface area contributed by atoms with E-state index in [0.29, 0.717) is 29.6 Å². The molecule has 0 saturated heterocycles. The van der Waals surface area contributed by atoms with E-state index >= 15 is 0 Å². The summed E-state index contributed by atoms with van der Waals surface area (Å²) in [5.74, 6) is 0.435. The quantitative estimate of drug-likeness (QED) is 0.490. The zero-order chi connectivity index (χ0) is 19.9. The topological polar surface area (TPSA) is 83.0 Å². The lowest BCUT2D eigenvalue weighted by molar-refractivity contribution is -0.106. The SMILES string of the molecule is CC=O.COCc1nnc(-c2nn(Cc3ccccc3F)c3ccccc23)o1. The number of halogens is 1. The lowest BCUT2D eigenvalue weighted by Gasteiger charge is -2.04. The molecule has 0 bridgehead atoms. The van der Waals surface area contributed by atoms with Gasteiger partial charge in [-0.2, -0.15) is 5.10 Å². The van der Waals surface area contributed by atoms with E-state index in [2.05, 4.69) is 15.3 Å². The number of hydrogen-bond donors (Lipinski definition) is 0. The van der Waals surface area contributed by atoms with Crippen LogP contribution in [0.2, 0.25) is 0 Å². The van der Waals surface area contributed by atoms with Crippen LogP contribution in [0.5, 0.6) is 0 Å². The number of rotatable bonds is 5. The van der Waals surface area contributed by atoms with Gasteiger partial charge < -0.3 is 13.9 Å². The van der Waals surface area contributed by atoms with Crippen LogP contribution in [0.15, 0.2) is 52.9 Å². The summed E-state index contributed by atoms with van der Waals surface area (Å²) in [5.41, 5.74) is 2.00. The summed E-state index contributed by atoms with van der Waals surface area (Å²) in [5, 5.41) is 13.4. The van der Waals surface area contributed by atoms with Gasteiger partial charge in [0.25, 0.3) is 5.89 Å². The lowest BCUT2D eigenvalue weighted by atomic mass is 10.2. The Labute approximate surface area is 160 Å². The molecule has 0 aliphatic carbocycles. The zero-order valence-corrected chi connectivity index (χ0v) is 15.5. The number of para-hydroxylation sites is 1. The fraction of sp³-hybridized carbons (Fsp3) is 0.200. The van der Waals surface area contributed by atoms with Crippen molar-refractivity contribution < 1.29 is 18.3 Å². The molecule has 0 atom stereocenters. The molecule has 2 aromatic carbocycles. The highest BCUT2D eigenvalue weighted by atomic mass is 19.1. The first-order valence-corrected chi connectivity index (χ1v) is 8.58. The summed E-state index contributed by atoms with van der Waals surface area (Å²) >= 11 is 0. The molecule has 8 heteroatoms. The number of ether oxygens (including phenoxy) is 1. The first kappa shape index (κ1) is 19.4. The van der Waals surface area contributed by atoms with Gasteiger partial charge in [0.1, 0.15) is 18.7 Å².